The molecule has 47 heavy (non-hydrogen) atoms. The number of aliphatic hydroxyl groups excluding tert-OH is 1. The third kappa shape index (κ3) is 6.94. The molecule has 3 saturated carbocycles. The zero-order valence-electron chi connectivity index (χ0n) is 25.7. The topological polar surface area (TPSA) is 162 Å². The van der Waals surface area contributed by atoms with Crippen molar-refractivity contribution in [2.75, 3.05) is 18.4 Å². The first-order valence-corrected chi connectivity index (χ1v) is 16.9. The molecule has 1 saturated heterocycles. The summed E-state index contributed by atoms with van der Waals surface area (Å²) in [4.78, 5) is 39.3. The fourth-order valence-electron chi connectivity index (χ4n) is 6.60. The third-order valence-corrected chi connectivity index (χ3v) is 11.7. The Kier molecular flexibility index (Phi) is 9.34. The molecule has 6 rings (SSSR count). The van der Waals surface area contributed by atoms with Gasteiger partial charge >= 0.3 is 6.09 Å². The second-order valence-electron chi connectivity index (χ2n) is 13.4. The molecule has 4 atom stereocenters. The van der Waals surface area contributed by atoms with Gasteiger partial charge in [-0.05, 0) is 70.1 Å². The highest BCUT2D eigenvalue weighted by Crippen LogP contribution is 2.55. The summed E-state index contributed by atoms with van der Waals surface area (Å²) < 4.78 is 73.3. The molecule has 2 bridgehead atoms. The number of aliphatic hydroxyl groups is 2. The number of nitrogens with one attached hydrogen (secondary N) is 2. The Labute approximate surface area is 274 Å². The fraction of sp³-hybridized carbons (Fsp3) is 0.516. The number of anilines is 1. The number of hydrogen-bond donors (Lipinski definition) is 4. The molecular formula is C31H35ClF3N3O8S. The average Bonchev–Trinajstić information content (AvgIpc) is 3.39. The van der Waals surface area contributed by atoms with E-state index in [1.165, 1.54) is 12.1 Å². The molecule has 0 aromatic heterocycles. The molecule has 0 spiro atoms. The Morgan fingerprint density at radius 1 is 1.04 bits per heavy atom. The molecule has 256 valence electrons. The second kappa shape index (κ2) is 12.6. The molecule has 3 aliphatic carbocycles. The Balaban J connectivity index is 1.24. The highest BCUT2D eigenvalue weighted by atomic mass is 35.5. The van der Waals surface area contributed by atoms with Crippen LogP contribution in [-0.2, 0) is 19.4 Å². The summed E-state index contributed by atoms with van der Waals surface area (Å²) >= 11 is 6.25. The molecule has 4 aliphatic rings. The third-order valence-electron chi connectivity index (χ3n) is 9.01. The average molecular weight is 702 g/mol. The summed E-state index contributed by atoms with van der Waals surface area (Å²) in [6.45, 7) is 4.75. The van der Waals surface area contributed by atoms with Gasteiger partial charge in [0.2, 0.25) is 5.91 Å². The maximum absolute atomic E-state index is 13.7. The van der Waals surface area contributed by atoms with Crippen LogP contribution in [0, 0.1) is 29.3 Å². The van der Waals surface area contributed by atoms with Gasteiger partial charge in [-0.15, -0.1) is 0 Å². The number of benzene rings is 2. The van der Waals surface area contributed by atoms with Crippen molar-refractivity contribution in [3.05, 3.63) is 58.4 Å². The normalized spacial score (nSPS) is 27.2. The number of ether oxygens (including phenoxy) is 1. The van der Waals surface area contributed by atoms with Crippen LogP contribution in [0.4, 0.5) is 23.7 Å². The van der Waals surface area contributed by atoms with E-state index in [0.29, 0.717) is 18.6 Å². The first-order chi connectivity index (χ1) is 21.8. The highest BCUT2D eigenvalue weighted by Gasteiger charge is 2.60. The van der Waals surface area contributed by atoms with Gasteiger partial charge in [0.1, 0.15) is 11.6 Å². The smallest absolute Gasteiger partial charge is 0.411 e. The van der Waals surface area contributed by atoms with E-state index in [1.54, 1.807) is 20.8 Å². The van der Waals surface area contributed by atoms with E-state index in [2.05, 4.69) is 10.6 Å². The van der Waals surface area contributed by atoms with Crippen molar-refractivity contribution < 1.29 is 50.9 Å². The monoisotopic (exact) mass is 701 g/mol. The second-order valence-corrected chi connectivity index (χ2v) is 16.0. The Bertz CT molecular complexity index is 1680. The van der Waals surface area contributed by atoms with E-state index < -0.39 is 85.6 Å². The summed E-state index contributed by atoms with van der Waals surface area (Å²) in [5, 5.41) is 25.4. The highest BCUT2D eigenvalue weighted by molar-refractivity contribution is 7.92. The maximum atomic E-state index is 13.7. The molecule has 11 nitrogen and oxygen atoms in total. The van der Waals surface area contributed by atoms with E-state index in [1.807, 2.05) is 0 Å². The van der Waals surface area contributed by atoms with Crippen LogP contribution < -0.4 is 10.6 Å². The van der Waals surface area contributed by atoms with E-state index >= 15 is 0 Å². The number of rotatable bonds is 7. The number of β-amino-alcohol motifs (C(OH)–C–C–N with tert-alkyl or cyclic N) is 1. The summed E-state index contributed by atoms with van der Waals surface area (Å²) in [5.41, 5.74) is -2.78. The number of fused-ring (bicyclic) bond motifs is 2. The number of carbonyl (C=O) groups excluding carboxylic acids is 3. The zero-order valence-corrected chi connectivity index (χ0v) is 27.3. The van der Waals surface area contributed by atoms with Gasteiger partial charge in [-0.25, -0.2) is 26.4 Å². The van der Waals surface area contributed by atoms with Gasteiger partial charge in [0.05, 0.1) is 33.4 Å². The van der Waals surface area contributed by atoms with Crippen molar-refractivity contribution >= 4 is 45.0 Å². The largest absolute Gasteiger partial charge is 0.444 e. The van der Waals surface area contributed by atoms with Crippen LogP contribution in [-0.4, -0.2) is 83.1 Å². The van der Waals surface area contributed by atoms with Crippen LogP contribution in [0.25, 0.3) is 0 Å². The van der Waals surface area contributed by atoms with Gasteiger partial charge in [-0.2, -0.15) is 0 Å². The van der Waals surface area contributed by atoms with Crippen LogP contribution in [0.2, 0.25) is 5.02 Å². The predicted octanol–water partition coefficient (Wildman–Crippen LogP) is 3.80. The van der Waals surface area contributed by atoms with Gasteiger partial charge in [0, 0.05) is 36.3 Å². The minimum atomic E-state index is -4.14. The van der Waals surface area contributed by atoms with Crippen LogP contribution in [0.1, 0.15) is 56.8 Å². The van der Waals surface area contributed by atoms with Crippen molar-refractivity contribution in [1.82, 2.24) is 10.2 Å². The van der Waals surface area contributed by atoms with Crippen molar-refractivity contribution in [1.29, 1.82) is 0 Å². The summed E-state index contributed by atoms with van der Waals surface area (Å²) in [6.07, 6.45) is -1.09. The molecule has 4 fully saturated rings. The minimum absolute atomic E-state index is 0.00774. The van der Waals surface area contributed by atoms with Crippen LogP contribution in [0.3, 0.4) is 0 Å². The van der Waals surface area contributed by atoms with Crippen molar-refractivity contribution in [3.8, 4) is 0 Å². The Hall–Kier alpha value is -3.40. The number of halogens is 4. The van der Waals surface area contributed by atoms with E-state index in [4.69, 9.17) is 16.3 Å². The molecule has 16 heteroatoms. The minimum Gasteiger partial charge on any atom is -0.444 e. The lowest BCUT2D eigenvalue weighted by Crippen LogP contribution is -2.66. The zero-order chi connectivity index (χ0) is 34.6. The number of amides is 3. The first kappa shape index (κ1) is 34.9. The summed E-state index contributed by atoms with van der Waals surface area (Å²) in [6, 6.07) is 3.61. The number of likely N-dealkylation sites (tertiary alicyclic amines) is 1. The van der Waals surface area contributed by atoms with Gasteiger partial charge in [0.15, 0.2) is 27.3 Å². The first-order valence-electron chi connectivity index (χ1n) is 15.0. The molecule has 1 heterocycles. The molecular weight excluding hydrogens is 667 g/mol. The lowest BCUT2D eigenvalue weighted by Gasteiger charge is -2.58. The number of carbonyl (C=O) groups is 3. The van der Waals surface area contributed by atoms with E-state index in [9.17, 15) is 46.2 Å². The van der Waals surface area contributed by atoms with Gasteiger partial charge in [-0.1, -0.05) is 11.6 Å². The van der Waals surface area contributed by atoms with Crippen LogP contribution in [0.15, 0.2) is 35.2 Å². The van der Waals surface area contributed by atoms with Gasteiger partial charge in [-0.3, -0.25) is 14.5 Å². The van der Waals surface area contributed by atoms with Crippen LogP contribution in [0.5, 0.6) is 0 Å². The van der Waals surface area contributed by atoms with Crippen molar-refractivity contribution in [2.45, 2.75) is 79.9 Å². The van der Waals surface area contributed by atoms with E-state index in [-0.39, 0.29) is 53.5 Å². The van der Waals surface area contributed by atoms with Crippen molar-refractivity contribution in [2.24, 2.45) is 11.8 Å². The van der Waals surface area contributed by atoms with Crippen molar-refractivity contribution in [3.63, 3.8) is 0 Å². The Morgan fingerprint density at radius 2 is 1.66 bits per heavy atom. The Morgan fingerprint density at radius 3 is 2.26 bits per heavy atom. The molecule has 4 N–H and O–H groups in total. The standard InChI is InChI=1S/C31H35ClF3N3O8S/c1-30(2,3)46-29(42)38-13-19(39)12-24(38)28(41)36-14-31(43)16-7-17(31)9-20(8-16)47(44,45)25-6-15(4-5-21(25)32)27(40)37-18-10-22(33)26(35)23(34)11-18/h4-6,10-11,16-17,19-20,24,39,43H,7-9,12-14H2,1-3H3,(H,36,41)(H,37,40)/t16?,17?,19-,20-,24+,31-/m1/s1. The fourth-order valence-corrected chi connectivity index (χ4v) is 9.00. The molecule has 2 unspecified atom stereocenters. The molecule has 2 aromatic carbocycles. The predicted molar refractivity (Wildman–Crippen MR) is 163 cm³/mol. The molecule has 3 amide bonds. The molecule has 0 radical (unpaired) electrons. The van der Waals surface area contributed by atoms with Crippen LogP contribution >= 0.6 is 11.6 Å². The number of hydrogen-bond acceptors (Lipinski definition) is 8. The summed E-state index contributed by atoms with van der Waals surface area (Å²) in [7, 11) is -4.14. The quantitative estimate of drug-likeness (QED) is 0.317. The summed E-state index contributed by atoms with van der Waals surface area (Å²) in [5.74, 6) is -7.23. The SMILES string of the molecule is CC(C)(C)OC(=O)N1C[C@H](O)C[C@H]1C(=O)NC[C@]1(O)C2CC1C[C@@H](S(=O)(=O)c1cc(C(=O)Nc3cc(F)c(F)c(F)c3)ccc1Cl)C2. The molecule has 2 aromatic rings. The van der Waals surface area contributed by atoms with E-state index in [0.717, 1.165) is 11.0 Å². The number of sulfone groups is 1. The number of nitrogens with zero attached hydrogens (tertiary/aromatic N) is 1. The lowest BCUT2D eigenvalue weighted by molar-refractivity contribution is -0.174. The molecule has 1 aliphatic heterocycles. The maximum Gasteiger partial charge on any atom is 0.411 e. The lowest BCUT2D eigenvalue weighted by atomic mass is 9.53. The van der Waals surface area contributed by atoms with Gasteiger partial charge < -0.3 is 25.6 Å². The van der Waals surface area contributed by atoms with Gasteiger partial charge in [0.25, 0.3) is 5.91 Å².